The molecule has 0 aliphatic carbocycles. The second-order valence-corrected chi connectivity index (χ2v) is 7.04. The van der Waals surface area contributed by atoms with E-state index < -0.39 is 0 Å². The van der Waals surface area contributed by atoms with E-state index in [1.807, 2.05) is 36.4 Å². The normalized spacial score (nSPS) is 12.1. The first-order valence-corrected chi connectivity index (χ1v) is 10.2. The predicted octanol–water partition coefficient (Wildman–Crippen LogP) is 4.35. The van der Waals surface area contributed by atoms with Crippen LogP contribution in [0.4, 0.5) is 0 Å². The Morgan fingerprint density at radius 2 is 1.76 bits per heavy atom. The Morgan fingerprint density at radius 3 is 2.52 bits per heavy atom. The first kappa shape index (κ1) is 20.9. The molecule has 6 heteroatoms. The summed E-state index contributed by atoms with van der Waals surface area (Å²) in [6, 6.07) is 13.4. The van der Waals surface area contributed by atoms with E-state index in [-0.39, 0.29) is 11.6 Å². The van der Waals surface area contributed by atoms with Crippen molar-refractivity contribution in [3.8, 4) is 11.5 Å². The fourth-order valence-electron chi connectivity index (χ4n) is 3.04. The van der Waals surface area contributed by atoms with Crippen molar-refractivity contribution in [2.45, 2.75) is 46.2 Å². The Bertz CT molecular complexity index is 1000. The number of fused-ring (bicyclic) bond motifs is 1. The molecule has 3 aromatic rings. The van der Waals surface area contributed by atoms with E-state index in [0.29, 0.717) is 36.5 Å². The molecular formula is C23H29N3O3. The van der Waals surface area contributed by atoms with Gasteiger partial charge in [-0.15, -0.1) is 0 Å². The van der Waals surface area contributed by atoms with Crippen LogP contribution in [-0.4, -0.2) is 23.2 Å². The van der Waals surface area contributed by atoms with Gasteiger partial charge >= 0.3 is 0 Å². The largest absolute Gasteiger partial charge is 0.490 e. The maximum absolute atomic E-state index is 12.2. The van der Waals surface area contributed by atoms with E-state index in [1.54, 1.807) is 6.07 Å². The number of aromatic amines is 1. The third-order valence-corrected chi connectivity index (χ3v) is 4.63. The quantitative estimate of drug-likeness (QED) is 0.534. The number of nitrogens with one attached hydrogen (secondary N) is 2. The van der Waals surface area contributed by atoms with Gasteiger partial charge in [0.15, 0.2) is 11.5 Å². The zero-order chi connectivity index (χ0) is 20.6. The predicted molar refractivity (Wildman–Crippen MR) is 116 cm³/mol. The van der Waals surface area contributed by atoms with Crippen molar-refractivity contribution in [3.63, 3.8) is 0 Å². The zero-order valence-corrected chi connectivity index (χ0v) is 17.3. The van der Waals surface area contributed by atoms with Crippen LogP contribution in [0.2, 0.25) is 0 Å². The van der Waals surface area contributed by atoms with Gasteiger partial charge in [-0.2, -0.15) is 0 Å². The molecule has 0 aliphatic heterocycles. The van der Waals surface area contributed by atoms with Gasteiger partial charge < -0.3 is 19.8 Å². The number of benzene rings is 2. The van der Waals surface area contributed by atoms with Gasteiger partial charge in [0.25, 0.3) is 5.56 Å². The van der Waals surface area contributed by atoms with Gasteiger partial charge in [-0.3, -0.25) is 4.79 Å². The van der Waals surface area contributed by atoms with E-state index in [1.165, 1.54) is 0 Å². The highest BCUT2D eigenvalue weighted by Crippen LogP contribution is 2.31. The Morgan fingerprint density at radius 1 is 1.03 bits per heavy atom. The molecule has 29 heavy (non-hydrogen) atoms. The van der Waals surface area contributed by atoms with Crippen LogP contribution in [0.15, 0.2) is 47.3 Å². The van der Waals surface area contributed by atoms with E-state index in [4.69, 9.17) is 9.47 Å². The third kappa shape index (κ3) is 5.35. The van der Waals surface area contributed by atoms with Crippen molar-refractivity contribution in [2.24, 2.45) is 0 Å². The Balaban J connectivity index is 1.72. The molecule has 0 spiro atoms. The summed E-state index contributed by atoms with van der Waals surface area (Å²) in [7, 11) is 0. The van der Waals surface area contributed by atoms with Crippen LogP contribution >= 0.6 is 0 Å². The molecule has 2 N–H and O–H groups in total. The lowest BCUT2D eigenvalue weighted by Gasteiger charge is -2.18. The lowest BCUT2D eigenvalue weighted by atomic mass is 10.1. The third-order valence-electron chi connectivity index (χ3n) is 4.63. The molecule has 2 aromatic carbocycles. The van der Waals surface area contributed by atoms with Gasteiger partial charge in [0.05, 0.1) is 30.7 Å². The van der Waals surface area contributed by atoms with Crippen LogP contribution in [0.5, 0.6) is 11.5 Å². The summed E-state index contributed by atoms with van der Waals surface area (Å²) in [4.78, 5) is 19.6. The van der Waals surface area contributed by atoms with E-state index >= 15 is 0 Å². The minimum Gasteiger partial charge on any atom is -0.490 e. The highest BCUT2D eigenvalue weighted by molar-refractivity contribution is 5.77. The summed E-state index contributed by atoms with van der Waals surface area (Å²) in [5.41, 5.74) is 1.67. The number of hydrogen-bond donors (Lipinski definition) is 2. The van der Waals surface area contributed by atoms with Crippen molar-refractivity contribution in [2.75, 3.05) is 13.2 Å². The molecule has 1 aromatic heterocycles. The van der Waals surface area contributed by atoms with E-state index in [2.05, 4.69) is 36.1 Å². The first-order valence-electron chi connectivity index (χ1n) is 10.2. The zero-order valence-electron chi connectivity index (χ0n) is 17.3. The van der Waals surface area contributed by atoms with Gasteiger partial charge in [-0.25, -0.2) is 4.98 Å². The molecule has 0 aliphatic rings. The number of ether oxygens (including phenoxy) is 2. The number of nitrogens with zero attached hydrogens (tertiary/aromatic N) is 1. The minimum absolute atomic E-state index is 0.0518. The van der Waals surface area contributed by atoms with Gasteiger partial charge in [-0.1, -0.05) is 32.0 Å². The van der Waals surface area contributed by atoms with Gasteiger partial charge in [0.1, 0.15) is 5.82 Å². The standard InChI is InChI=1S/C23H29N3O3/c1-4-12-28-20-11-10-17(14-21(20)29-13-5-2)16(3)24-15-22-25-19-9-7-6-8-18(19)23(27)26-22/h6-11,14,16,24H,4-5,12-13,15H2,1-3H3,(H,25,26,27). The van der Waals surface area contributed by atoms with Crippen molar-refractivity contribution in [3.05, 3.63) is 64.2 Å². The molecule has 0 fully saturated rings. The van der Waals surface area contributed by atoms with Crippen LogP contribution in [-0.2, 0) is 6.54 Å². The van der Waals surface area contributed by atoms with Crippen LogP contribution in [0, 0.1) is 0 Å². The van der Waals surface area contributed by atoms with Crippen LogP contribution in [0.25, 0.3) is 10.9 Å². The molecule has 0 amide bonds. The summed E-state index contributed by atoms with van der Waals surface area (Å²) >= 11 is 0. The first-order chi connectivity index (χ1) is 14.1. The highest BCUT2D eigenvalue weighted by atomic mass is 16.5. The lowest BCUT2D eigenvalue weighted by Crippen LogP contribution is -2.22. The Kier molecular flexibility index (Phi) is 7.25. The summed E-state index contributed by atoms with van der Waals surface area (Å²) in [6.45, 7) is 8.01. The van der Waals surface area contributed by atoms with Crippen molar-refractivity contribution >= 4 is 10.9 Å². The molecule has 3 rings (SSSR count). The fourth-order valence-corrected chi connectivity index (χ4v) is 3.04. The molecule has 6 nitrogen and oxygen atoms in total. The van der Waals surface area contributed by atoms with E-state index in [0.717, 1.165) is 29.9 Å². The highest BCUT2D eigenvalue weighted by Gasteiger charge is 2.12. The molecule has 1 unspecified atom stereocenters. The summed E-state index contributed by atoms with van der Waals surface area (Å²) < 4.78 is 11.7. The van der Waals surface area contributed by atoms with Crippen LogP contribution in [0.1, 0.15) is 51.0 Å². The number of aromatic nitrogens is 2. The smallest absolute Gasteiger partial charge is 0.258 e. The molecule has 154 valence electrons. The second-order valence-electron chi connectivity index (χ2n) is 7.04. The van der Waals surface area contributed by atoms with Gasteiger partial charge in [-0.05, 0) is 49.6 Å². The Hall–Kier alpha value is -2.86. The molecule has 1 heterocycles. The average Bonchev–Trinajstić information content (AvgIpc) is 2.75. The number of H-pyrrole nitrogens is 1. The maximum atomic E-state index is 12.2. The monoisotopic (exact) mass is 395 g/mol. The van der Waals surface area contributed by atoms with Crippen molar-refractivity contribution in [1.29, 1.82) is 0 Å². The molecular weight excluding hydrogens is 366 g/mol. The van der Waals surface area contributed by atoms with Crippen LogP contribution in [0.3, 0.4) is 0 Å². The molecule has 0 bridgehead atoms. The summed E-state index contributed by atoms with van der Waals surface area (Å²) in [5.74, 6) is 2.16. The second kappa shape index (κ2) is 10.1. The molecule has 0 saturated carbocycles. The SMILES string of the molecule is CCCOc1ccc(C(C)NCc2nc3ccccc3c(=O)[nH]2)cc1OCCC. The number of para-hydroxylation sites is 1. The van der Waals surface area contributed by atoms with Gasteiger partial charge in [0.2, 0.25) is 0 Å². The maximum Gasteiger partial charge on any atom is 0.258 e. The summed E-state index contributed by atoms with van der Waals surface area (Å²) in [5, 5.41) is 4.03. The number of hydrogen-bond acceptors (Lipinski definition) is 5. The lowest BCUT2D eigenvalue weighted by molar-refractivity contribution is 0.268. The Labute approximate surface area is 171 Å². The average molecular weight is 396 g/mol. The van der Waals surface area contributed by atoms with Gasteiger partial charge in [0, 0.05) is 6.04 Å². The minimum atomic E-state index is -0.118. The molecule has 0 saturated heterocycles. The summed E-state index contributed by atoms with van der Waals surface area (Å²) in [6.07, 6.45) is 1.89. The van der Waals surface area contributed by atoms with Crippen molar-refractivity contribution in [1.82, 2.24) is 15.3 Å². The van der Waals surface area contributed by atoms with Crippen molar-refractivity contribution < 1.29 is 9.47 Å². The molecule has 1 atom stereocenters. The molecule has 0 radical (unpaired) electrons. The fraction of sp³-hybridized carbons (Fsp3) is 0.391. The number of rotatable bonds is 10. The topological polar surface area (TPSA) is 76.2 Å². The van der Waals surface area contributed by atoms with Crippen LogP contribution < -0.4 is 20.3 Å². The van der Waals surface area contributed by atoms with E-state index in [9.17, 15) is 4.79 Å².